The summed E-state index contributed by atoms with van der Waals surface area (Å²) in [4.78, 5) is 3.96. The van der Waals surface area contributed by atoms with Gasteiger partial charge in [-0.25, -0.2) is 4.98 Å². The number of nitrogens with zero attached hydrogens (tertiary/aromatic N) is 1. The summed E-state index contributed by atoms with van der Waals surface area (Å²) in [5.41, 5.74) is 7.76. The Bertz CT molecular complexity index is 550. The van der Waals surface area contributed by atoms with Crippen LogP contribution in [0.3, 0.4) is 0 Å². The van der Waals surface area contributed by atoms with Crippen LogP contribution in [0, 0.1) is 6.92 Å². The molecule has 1 heterocycles. The van der Waals surface area contributed by atoms with E-state index in [2.05, 4.69) is 4.98 Å². The zero-order chi connectivity index (χ0) is 13.2. The number of nitrogens with two attached hydrogens (primary N) is 1. The molecule has 1 aromatic carbocycles. The molecule has 0 aliphatic carbocycles. The summed E-state index contributed by atoms with van der Waals surface area (Å²) >= 11 is 0. The van der Waals surface area contributed by atoms with Crippen LogP contribution < -0.4 is 5.73 Å². The number of anilines is 1. The summed E-state index contributed by atoms with van der Waals surface area (Å²) in [6.45, 7) is 3.83. The van der Waals surface area contributed by atoms with E-state index < -0.39 is 5.60 Å². The molecule has 18 heavy (non-hydrogen) atoms. The van der Waals surface area contributed by atoms with Gasteiger partial charge in [0.1, 0.15) is 5.82 Å². The van der Waals surface area contributed by atoms with E-state index in [9.17, 15) is 5.11 Å². The van der Waals surface area contributed by atoms with Gasteiger partial charge in [-0.2, -0.15) is 0 Å². The third-order valence-electron chi connectivity index (χ3n) is 3.12. The maximum absolute atomic E-state index is 10.6. The molecule has 0 amide bonds. The smallest absolute Gasteiger partial charge is 0.123 e. The van der Waals surface area contributed by atoms with Gasteiger partial charge in [-0.15, -0.1) is 0 Å². The molecule has 0 spiro atoms. The summed E-state index contributed by atoms with van der Waals surface area (Å²) in [5, 5.41) is 10.6. The van der Waals surface area contributed by atoms with Crippen molar-refractivity contribution >= 4 is 5.82 Å². The minimum absolute atomic E-state index is 0.480. The van der Waals surface area contributed by atoms with Crippen molar-refractivity contribution in [1.82, 2.24) is 4.98 Å². The lowest BCUT2D eigenvalue weighted by molar-refractivity contribution is 0.0570. The summed E-state index contributed by atoms with van der Waals surface area (Å²) in [6.07, 6.45) is 2.18. The fraction of sp³-hybridized carbons (Fsp3) is 0.267. The van der Waals surface area contributed by atoms with Gasteiger partial charge < -0.3 is 10.8 Å². The Kier molecular flexibility index (Phi) is 3.34. The zero-order valence-corrected chi connectivity index (χ0v) is 10.7. The standard InChI is InChI=1S/C15H18N2O/c1-11-5-3-4-6-13(11)15(2,18)10-12-7-8-17-14(16)9-12/h3-9,18H,10H2,1-2H3,(H2,16,17). The maximum atomic E-state index is 10.6. The highest BCUT2D eigenvalue weighted by molar-refractivity contribution is 5.36. The quantitative estimate of drug-likeness (QED) is 0.869. The van der Waals surface area contributed by atoms with Crippen molar-refractivity contribution in [1.29, 1.82) is 0 Å². The van der Waals surface area contributed by atoms with E-state index in [1.807, 2.05) is 44.2 Å². The van der Waals surface area contributed by atoms with Gasteiger partial charge in [0.25, 0.3) is 0 Å². The molecule has 94 valence electrons. The first kappa shape index (κ1) is 12.6. The molecule has 2 aromatic rings. The van der Waals surface area contributed by atoms with Crippen LogP contribution in [-0.4, -0.2) is 10.1 Å². The van der Waals surface area contributed by atoms with Crippen molar-refractivity contribution in [2.45, 2.75) is 25.9 Å². The Balaban J connectivity index is 2.30. The van der Waals surface area contributed by atoms with Crippen LogP contribution in [0.2, 0.25) is 0 Å². The zero-order valence-electron chi connectivity index (χ0n) is 10.7. The number of nitrogen functional groups attached to an aromatic ring is 1. The van der Waals surface area contributed by atoms with Crippen molar-refractivity contribution in [2.24, 2.45) is 0 Å². The van der Waals surface area contributed by atoms with Crippen molar-refractivity contribution in [3.05, 3.63) is 59.3 Å². The summed E-state index contributed by atoms with van der Waals surface area (Å²) < 4.78 is 0. The van der Waals surface area contributed by atoms with Gasteiger partial charge in [0.2, 0.25) is 0 Å². The number of aryl methyl sites for hydroxylation is 1. The fourth-order valence-corrected chi connectivity index (χ4v) is 2.27. The predicted molar refractivity (Wildman–Crippen MR) is 73.1 cm³/mol. The van der Waals surface area contributed by atoms with Crippen LogP contribution >= 0.6 is 0 Å². The predicted octanol–water partition coefficient (Wildman–Crippen LogP) is 2.42. The van der Waals surface area contributed by atoms with E-state index >= 15 is 0 Å². The molecule has 0 bridgehead atoms. The first-order chi connectivity index (χ1) is 8.49. The molecule has 0 saturated carbocycles. The Morgan fingerprint density at radius 1 is 1.28 bits per heavy atom. The monoisotopic (exact) mass is 242 g/mol. The molecule has 0 fully saturated rings. The van der Waals surface area contributed by atoms with Crippen molar-refractivity contribution < 1.29 is 5.11 Å². The van der Waals surface area contributed by atoms with Gasteiger partial charge in [-0.3, -0.25) is 0 Å². The minimum Gasteiger partial charge on any atom is -0.385 e. The molecule has 0 saturated heterocycles. The Labute approximate surface area is 107 Å². The number of hydrogen-bond donors (Lipinski definition) is 2. The van der Waals surface area contributed by atoms with Gasteiger partial charge >= 0.3 is 0 Å². The molecule has 3 N–H and O–H groups in total. The number of pyridine rings is 1. The Morgan fingerprint density at radius 3 is 2.67 bits per heavy atom. The average molecular weight is 242 g/mol. The van der Waals surface area contributed by atoms with E-state index in [4.69, 9.17) is 5.73 Å². The summed E-state index contributed by atoms with van der Waals surface area (Å²) in [6, 6.07) is 11.6. The van der Waals surface area contributed by atoms with Crippen LogP contribution in [0.4, 0.5) is 5.82 Å². The van der Waals surface area contributed by atoms with Gasteiger partial charge in [0.05, 0.1) is 5.60 Å². The first-order valence-electron chi connectivity index (χ1n) is 5.98. The molecular formula is C15H18N2O. The summed E-state index contributed by atoms with van der Waals surface area (Å²) in [5.74, 6) is 0.480. The highest BCUT2D eigenvalue weighted by Gasteiger charge is 2.25. The van der Waals surface area contributed by atoms with Gasteiger partial charge in [-0.1, -0.05) is 24.3 Å². The topological polar surface area (TPSA) is 59.1 Å². The SMILES string of the molecule is Cc1ccccc1C(C)(O)Cc1ccnc(N)c1. The van der Waals surface area contributed by atoms with Crippen LogP contribution in [0.5, 0.6) is 0 Å². The number of aromatic nitrogens is 1. The second-order valence-corrected chi connectivity index (χ2v) is 4.85. The molecule has 1 atom stereocenters. The Hall–Kier alpha value is -1.87. The molecular weight excluding hydrogens is 224 g/mol. The lowest BCUT2D eigenvalue weighted by atomic mass is 9.87. The number of hydrogen-bond acceptors (Lipinski definition) is 3. The van der Waals surface area contributed by atoms with E-state index in [-0.39, 0.29) is 0 Å². The third-order valence-corrected chi connectivity index (χ3v) is 3.12. The molecule has 0 radical (unpaired) electrons. The van der Waals surface area contributed by atoms with E-state index in [0.717, 1.165) is 16.7 Å². The highest BCUT2D eigenvalue weighted by atomic mass is 16.3. The normalized spacial score (nSPS) is 14.2. The molecule has 0 aliphatic heterocycles. The minimum atomic E-state index is -0.904. The lowest BCUT2D eigenvalue weighted by Crippen LogP contribution is -2.25. The largest absolute Gasteiger partial charge is 0.385 e. The van der Waals surface area contributed by atoms with Gasteiger partial charge in [0.15, 0.2) is 0 Å². The van der Waals surface area contributed by atoms with Crippen molar-refractivity contribution in [3.63, 3.8) is 0 Å². The molecule has 1 aromatic heterocycles. The summed E-state index contributed by atoms with van der Waals surface area (Å²) in [7, 11) is 0. The van der Waals surface area contributed by atoms with E-state index in [0.29, 0.717) is 12.2 Å². The maximum Gasteiger partial charge on any atom is 0.123 e. The second-order valence-electron chi connectivity index (χ2n) is 4.85. The number of rotatable bonds is 3. The van der Waals surface area contributed by atoms with Crippen molar-refractivity contribution in [3.8, 4) is 0 Å². The first-order valence-corrected chi connectivity index (χ1v) is 5.98. The van der Waals surface area contributed by atoms with Crippen molar-refractivity contribution in [2.75, 3.05) is 5.73 Å². The van der Waals surface area contributed by atoms with E-state index in [1.165, 1.54) is 0 Å². The fourth-order valence-electron chi connectivity index (χ4n) is 2.27. The Morgan fingerprint density at radius 2 is 2.00 bits per heavy atom. The van der Waals surface area contributed by atoms with Crippen LogP contribution in [-0.2, 0) is 12.0 Å². The third kappa shape index (κ3) is 2.68. The van der Waals surface area contributed by atoms with Gasteiger partial charge in [-0.05, 0) is 42.7 Å². The highest BCUT2D eigenvalue weighted by Crippen LogP contribution is 2.27. The lowest BCUT2D eigenvalue weighted by Gasteiger charge is -2.25. The number of benzene rings is 1. The van der Waals surface area contributed by atoms with Crippen LogP contribution in [0.1, 0.15) is 23.6 Å². The molecule has 1 unspecified atom stereocenters. The van der Waals surface area contributed by atoms with E-state index in [1.54, 1.807) is 12.3 Å². The second kappa shape index (κ2) is 4.78. The number of aliphatic hydroxyl groups is 1. The molecule has 3 nitrogen and oxygen atoms in total. The van der Waals surface area contributed by atoms with Gasteiger partial charge in [0, 0.05) is 12.6 Å². The van der Waals surface area contributed by atoms with Crippen LogP contribution in [0.15, 0.2) is 42.6 Å². The van der Waals surface area contributed by atoms with Crippen LogP contribution in [0.25, 0.3) is 0 Å². The molecule has 3 heteroatoms. The molecule has 0 aliphatic rings. The average Bonchev–Trinajstić information content (AvgIpc) is 2.28. The molecule has 2 rings (SSSR count).